The number of hydrogen-bond acceptors (Lipinski definition) is 1. The Morgan fingerprint density at radius 3 is 1.85 bits per heavy atom. The fourth-order valence-electron chi connectivity index (χ4n) is 3.40. The maximum atomic E-state index is 9.22. The van der Waals surface area contributed by atoms with Gasteiger partial charge in [0.05, 0.1) is 0 Å². The topological polar surface area (TPSA) is 20.2 Å². The molecule has 0 aliphatic heterocycles. The minimum atomic E-state index is 0.332. The van der Waals surface area contributed by atoms with Gasteiger partial charge >= 0.3 is 0 Å². The van der Waals surface area contributed by atoms with Crippen LogP contribution in [0.4, 0.5) is 0 Å². The first-order valence-corrected chi connectivity index (χ1v) is 11.7. The van der Waals surface area contributed by atoms with Crippen LogP contribution in [-0.2, 0) is 0 Å². The van der Waals surface area contributed by atoms with E-state index >= 15 is 0 Å². The molecule has 0 bridgehead atoms. The monoisotopic (exact) mass is 364 g/mol. The summed E-state index contributed by atoms with van der Waals surface area (Å²) in [5, 5.41) is 9.22. The van der Waals surface area contributed by atoms with Crippen molar-refractivity contribution in [2.75, 3.05) is 6.61 Å². The Morgan fingerprint density at radius 2 is 1.31 bits per heavy atom. The number of unbranched alkanes of at least 4 members (excludes halogenated alkanes) is 11. The highest BCUT2D eigenvalue weighted by atomic mass is 16.3. The van der Waals surface area contributed by atoms with Gasteiger partial charge in [0, 0.05) is 6.61 Å². The van der Waals surface area contributed by atoms with Gasteiger partial charge in [-0.15, -0.1) is 0 Å². The Morgan fingerprint density at radius 1 is 0.769 bits per heavy atom. The summed E-state index contributed by atoms with van der Waals surface area (Å²) >= 11 is 0. The highest BCUT2D eigenvalue weighted by Crippen LogP contribution is 2.19. The summed E-state index contributed by atoms with van der Waals surface area (Å²) in [5.74, 6) is 0.475. The third-order valence-electron chi connectivity index (χ3n) is 5.53. The molecule has 1 heteroatoms. The molecule has 0 amide bonds. The van der Waals surface area contributed by atoms with E-state index in [1.165, 1.54) is 95.5 Å². The normalized spacial score (nSPS) is 12.7. The smallest absolute Gasteiger partial charge is 0.0459 e. The molecule has 0 fully saturated rings. The molecule has 0 aromatic heterocycles. The van der Waals surface area contributed by atoms with Crippen molar-refractivity contribution in [2.45, 2.75) is 123 Å². The lowest BCUT2D eigenvalue weighted by Crippen LogP contribution is -2.04. The molecule has 0 aliphatic carbocycles. The first-order chi connectivity index (χ1) is 12.7. The summed E-state index contributed by atoms with van der Waals surface area (Å²) in [4.78, 5) is 0. The molecule has 0 saturated heterocycles. The molecule has 1 atom stereocenters. The van der Waals surface area contributed by atoms with Crippen LogP contribution < -0.4 is 0 Å². The van der Waals surface area contributed by atoms with Gasteiger partial charge in [-0.25, -0.2) is 0 Å². The highest BCUT2D eigenvalue weighted by Gasteiger charge is 2.05. The number of aliphatic hydroxyl groups excluding tert-OH is 1. The second kappa shape index (κ2) is 20.7. The Bertz CT molecular complexity index is 314. The average molecular weight is 365 g/mol. The van der Waals surface area contributed by atoms with Crippen molar-refractivity contribution in [1.29, 1.82) is 0 Å². The maximum Gasteiger partial charge on any atom is 0.0459 e. The van der Waals surface area contributed by atoms with E-state index in [9.17, 15) is 5.11 Å². The van der Waals surface area contributed by atoms with E-state index < -0.39 is 0 Å². The molecule has 0 aliphatic rings. The van der Waals surface area contributed by atoms with Crippen molar-refractivity contribution >= 4 is 0 Å². The Kier molecular flexibility index (Phi) is 20.3. The predicted molar refractivity (Wildman–Crippen MR) is 119 cm³/mol. The molecular weight excluding hydrogens is 316 g/mol. The quantitative estimate of drug-likeness (QED) is 0.170. The number of rotatable bonds is 20. The van der Waals surface area contributed by atoms with Gasteiger partial charge in [-0.1, -0.05) is 95.9 Å². The lowest BCUT2D eigenvalue weighted by atomic mass is 9.96. The molecule has 0 rings (SSSR count). The first kappa shape index (κ1) is 25.4. The van der Waals surface area contributed by atoms with Crippen LogP contribution in [0.25, 0.3) is 0 Å². The molecule has 26 heavy (non-hydrogen) atoms. The van der Waals surface area contributed by atoms with Crippen molar-refractivity contribution < 1.29 is 5.11 Å². The molecule has 1 nitrogen and oxygen atoms in total. The van der Waals surface area contributed by atoms with Crippen LogP contribution in [0.5, 0.6) is 0 Å². The van der Waals surface area contributed by atoms with Crippen molar-refractivity contribution in [3.63, 3.8) is 0 Å². The number of allylic oxidation sites excluding steroid dienone is 3. The summed E-state index contributed by atoms with van der Waals surface area (Å²) in [5.41, 5.74) is 1.39. The maximum absolute atomic E-state index is 9.22. The minimum absolute atomic E-state index is 0.332. The fourth-order valence-corrected chi connectivity index (χ4v) is 3.40. The van der Waals surface area contributed by atoms with E-state index in [2.05, 4.69) is 32.6 Å². The summed E-state index contributed by atoms with van der Waals surface area (Å²) in [6.45, 7) is 8.97. The van der Waals surface area contributed by atoms with Crippen LogP contribution in [0.1, 0.15) is 123 Å². The highest BCUT2D eigenvalue weighted by molar-refractivity contribution is 4.94. The first-order valence-electron chi connectivity index (χ1n) is 11.7. The average Bonchev–Trinajstić information content (AvgIpc) is 2.65. The van der Waals surface area contributed by atoms with Crippen LogP contribution in [0.15, 0.2) is 24.3 Å². The van der Waals surface area contributed by atoms with E-state index in [1.807, 2.05) is 0 Å². The fraction of sp³-hybridized carbons (Fsp3) is 0.840. The predicted octanol–water partition coefficient (Wildman–Crippen LogP) is 8.38. The zero-order chi connectivity index (χ0) is 19.3. The van der Waals surface area contributed by atoms with Gasteiger partial charge in [0.25, 0.3) is 0 Å². The van der Waals surface area contributed by atoms with Crippen LogP contribution in [-0.4, -0.2) is 11.7 Å². The van der Waals surface area contributed by atoms with Crippen LogP contribution in [0.3, 0.4) is 0 Å². The van der Waals surface area contributed by atoms with Gasteiger partial charge in [0.15, 0.2) is 0 Å². The van der Waals surface area contributed by atoms with E-state index in [-0.39, 0.29) is 0 Å². The summed E-state index contributed by atoms with van der Waals surface area (Å²) in [6.07, 6.45) is 26.9. The van der Waals surface area contributed by atoms with Crippen molar-refractivity contribution in [2.24, 2.45) is 5.92 Å². The molecule has 0 aromatic rings. The summed E-state index contributed by atoms with van der Waals surface area (Å²) < 4.78 is 0. The lowest BCUT2D eigenvalue weighted by Gasteiger charge is -2.12. The zero-order valence-corrected chi connectivity index (χ0v) is 18.1. The molecule has 0 aromatic carbocycles. The second-order valence-electron chi connectivity index (χ2n) is 8.08. The molecule has 0 radical (unpaired) electrons. The van der Waals surface area contributed by atoms with Gasteiger partial charge in [-0.05, 0) is 57.3 Å². The largest absolute Gasteiger partial charge is 0.396 e. The number of aliphatic hydroxyl groups is 1. The second-order valence-corrected chi connectivity index (χ2v) is 8.08. The van der Waals surface area contributed by atoms with E-state index in [1.54, 1.807) is 0 Å². The third kappa shape index (κ3) is 18.2. The van der Waals surface area contributed by atoms with Crippen LogP contribution in [0, 0.1) is 5.92 Å². The standard InChI is InChI=1S/C25H48O/c1-4-6-7-8-9-10-11-12-13-14-15-16-17-18-19-20-24(3)21-22-25(5-2)23-26/h9-10,25-26H,3-8,11-23H2,1-2H3/b10-9-. The van der Waals surface area contributed by atoms with Gasteiger partial charge in [0.2, 0.25) is 0 Å². The molecule has 0 spiro atoms. The minimum Gasteiger partial charge on any atom is -0.396 e. The van der Waals surface area contributed by atoms with Crippen molar-refractivity contribution in [3.05, 3.63) is 24.3 Å². The van der Waals surface area contributed by atoms with E-state index in [0.717, 1.165) is 19.3 Å². The lowest BCUT2D eigenvalue weighted by molar-refractivity contribution is 0.215. The SMILES string of the molecule is C=C(CCCCCCCCCC/C=C\CCCCC)CCC(CC)CO. The Balaban J connectivity index is 3.25. The molecule has 0 heterocycles. The number of hydrogen-bond donors (Lipinski definition) is 1. The molecule has 0 saturated carbocycles. The Labute approximate surface area is 165 Å². The van der Waals surface area contributed by atoms with Crippen LogP contribution in [0.2, 0.25) is 0 Å². The van der Waals surface area contributed by atoms with Crippen LogP contribution >= 0.6 is 0 Å². The van der Waals surface area contributed by atoms with Gasteiger partial charge in [0.1, 0.15) is 0 Å². The van der Waals surface area contributed by atoms with Gasteiger partial charge in [-0.2, -0.15) is 0 Å². The zero-order valence-electron chi connectivity index (χ0n) is 18.1. The molecule has 1 N–H and O–H groups in total. The van der Waals surface area contributed by atoms with Crippen molar-refractivity contribution in [3.8, 4) is 0 Å². The molecule has 1 unspecified atom stereocenters. The summed E-state index contributed by atoms with van der Waals surface area (Å²) in [7, 11) is 0. The van der Waals surface area contributed by atoms with Crippen molar-refractivity contribution in [1.82, 2.24) is 0 Å². The molecular formula is C25H48O. The Hall–Kier alpha value is -0.560. The van der Waals surface area contributed by atoms with E-state index in [4.69, 9.17) is 0 Å². The summed E-state index contributed by atoms with van der Waals surface area (Å²) in [6, 6.07) is 0. The van der Waals surface area contributed by atoms with Gasteiger partial charge in [-0.3, -0.25) is 0 Å². The van der Waals surface area contributed by atoms with E-state index in [0.29, 0.717) is 12.5 Å². The third-order valence-corrected chi connectivity index (χ3v) is 5.53. The molecule has 154 valence electrons. The van der Waals surface area contributed by atoms with Gasteiger partial charge < -0.3 is 5.11 Å².